The van der Waals surface area contributed by atoms with E-state index in [1.807, 2.05) is 11.8 Å². The van der Waals surface area contributed by atoms with Gasteiger partial charge in [0.1, 0.15) is 5.60 Å². The van der Waals surface area contributed by atoms with Crippen LogP contribution in [0.2, 0.25) is 0 Å². The number of thiazole rings is 1. The molecule has 0 saturated carbocycles. The van der Waals surface area contributed by atoms with Crippen LogP contribution in [0.25, 0.3) is 0 Å². The summed E-state index contributed by atoms with van der Waals surface area (Å²) >= 11 is 6.67. The van der Waals surface area contributed by atoms with Crippen molar-refractivity contribution in [3.8, 4) is 0 Å². The van der Waals surface area contributed by atoms with Gasteiger partial charge in [-0.05, 0) is 43.1 Å². The van der Waals surface area contributed by atoms with Crippen molar-refractivity contribution in [3.05, 3.63) is 49.9 Å². The SMILES string of the molecule is Cc1[nH]c(=S)sc1CC(=O)N1CCOC2(CCc3ccccc32)C1. The van der Waals surface area contributed by atoms with Gasteiger partial charge in [0.25, 0.3) is 0 Å². The molecule has 1 unspecified atom stereocenters. The number of aromatic amines is 1. The highest BCUT2D eigenvalue weighted by Crippen LogP contribution is 2.42. The number of aryl methyl sites for hydroxylation is 2. The Balaban J connectivity index is 1.54. The minimum absolute atomic E-state index is 0.162. The van der Waals surface area contributed by atoms with Crippen molar-refractivity contribution >= 4 is 29.5 Å². The van der Waals surface area contributed by atoms with E-state index in [1.165, 1.54) is 22.5 Å². The average molecular weight is 361 g/mol. The molecule has 1 saturated heterocycles. The van der Waals surface area contributed by atoms with Crippen LogP contribution in [0.5, 0.6) is 0 Å². The predicted octanol–water partition coefficient (Wildman–Crippen LogP) is 3.36. The van der Waals surface area contributed by atoms with E-state index < -0.39 is 0 Å². The zero-order chi connectivity index (χ0) is 16.7. The van der Waals surface area contributed by atoms with Crippen LogP contribution in [0, 0.1) is 10.9 Å². The molecule has 126 valence electrons. The molecule has 2 aromatic rings. The van der Waals surface area contributed by atoms with Gasteiger partial charge >= 0.3 is 0 Å². The maximum Gasteiger partial charge on any atom is 0.228 e. The van der Waals surface area contributed by atoms with Crippen molar-refractivity contribution < 1.29 is 9.53 Å². The zero-order valence-corrected chi connectivity index (χ0v) is 15.3. The number of amides is 1. The number of aromatic nitrogens is 1. The molecule has 1 aromatic heterocycles. The first-order chi connectivity index (χ1) is 11.6. The summed E-state index contributed by atoms with van der Waals surface area (Å²) in [5.41, 5.74) is 3.30. The van der Waals surface area contributed by atoms with Gasteiger partial charge < -0.3 is 14.6 Å². The molecule has 24 heavy (non-hydrogen) atoms. The van der Waals surface area contributed by atoms with Crippen molar-refractivity contribution in [2.45, 2.75) is 31.8 Å². The van der Waals surface area contributed by atoms with Crippen LogP contribution in [-0.4, -0.2) is 35.5 Å². The Hall–Kier alpha value is -1.50. The van der Waals surface area contributed by atoms with Crippen molar-refractivity contribution in [1.29, 1.82) is 0 Å². The second-order valence-corrected chi connectivity index (χ2v) is 8.33. The largest absolute Gasteiger partial charge is 0.367 e. The van der Waals surface area contributed by atoms with E-state index in [4.69, 9.17) is 17.0 Å². The van der Waals surface area contributed by atoms with Crippen LogP contribution >= 0.6 is 23.6 Å². The lowest BCUT2D eigenvalue weighted by Crippen LogP contribution is -2.51. The number of hydrogen-bond acceptors (Lipinski definition) is 4. The molecule has 1 N–H and O–H groups in total. The third-order valence-corrected chi connectivity index (χ3v) is 6.42. The van der Waals surface area contributed by atoms with E-state index >= 15 is 0 Å². The highest BCUT2D eigenvalue weighted by molar-refractivity contribution is 7.73. The molecule has 2 heterocycles. The number of benzene rings is 1. The summed E-state index contributed by atoms with van der Waals surface area (Å²) in [4.78, 5) is 18.9. The van der Waals surface area contributed by atoms with E-state index in [2.05, 4.69) is 29.2 Å². The fraction of sp³-hybridized carbons (Fsp3) is 0.444. The Bertz CT molecular complexity index is 838. The first-order valence-corrected chi connectivity index (χ1v) is 9.49. The summed E-state index contributed by atoms with van der Waals surface area (Å²) in [5.74, 6) is 0.162. The number of hydrogen-bond donors (Lipinski definition) is 1. The molecule has 4 nitrogen and oxygen atoms in total. The lowest BCUT2D eigenvalue weighted by molar-refractivity contribution is -0.151. The Morgan fingerprint density at radius 1 is 1.46 bits per heavy atom. The van der Waals surface area contributed by atoms with Crippen molar-refractivity contribution in [2.75, 3.05) is 19.7 Å². The first-order valence-electron chi connectivity index (χ1n) is 8.26. The lowest BCUT2D eigenvalue weighted by atomic mass is 9.93. The monoisotopic (exact) mass is 360 g/mol. The van der Waals surface area contributed by atoms with Crippen molar-refractivity contribution in [2.24, 2.45) is 0 Å². The molecular weight excluding hydrogens is 340 g/mol. The highest BCUT2D eigenvalue weighted by Gasteiger charge is 2.44. The molecule has 1 aromatic carbocycles. The van der Waals surface area contributed by atoms with Gasteiger partial charge in [-0.1, -0.05) is 24.3 Å². The molecule has 1 aliphatic heterocycles. The summed E-state index contributed by atoms with van der Waals surface area (Å²) in [6.45, 7) is 3.89. The molecule has 1 amide bonds. The molecule has 1 aliphatic carbocycles. The second kappa shape index (κ2) is 6.10. The van der Waals surface area contributed by atoms with Crippen LogP contribution in [0.3, 0.4) is 0 Å². The van der Waals surface area contributed by atoms with E-state index in [9.17, 15) is 4.79 Å². The molecular formula is C18H20N2O2S2. The van der Waals surface area contributed by atoms with Gasteiger partial charge in [0.2, 0.25) is 5.91 Å². The van der Waals surface area contributed by atoms with Gasteiger partial charge in [0.05, 0.1) is 19.6 Å². The molecule has 1 fully saturated rings. The Morgan fingerprint density at radius 2 is 2.29 bits per heavy atom. The van der Waals surface area contributed by atoms with E-state index in [0.717, 1.165) is 27.4 Å². The van der Waals surface area contributed by atoms with Crippen LogP contribution in [0.4, 0.5) is 0 Å². The standard InChI is InChI=1S/C18H20N2O2S2/c1-12-15(24-17(23)19-12)10-16(21)20-8-9-22-18(11-20)7-6-13-4-2-3-5-14(13)18/h2-5H,6-11H2,1H3,(H,19,23). The van der Waals surface area contributed by atoms with Crippen molar-refractivity contribution in [1.82, 2.24) is 9.88 Å². The van der Waals surface area contributed by atoms with E-state index in [-0.39, 0.29) is 11.5 Å². The number of morpholine rings is 1. The number of ether oxygens (including phenoxy) is 1. The predicted molar refractivity (Wildman–Crippen MR) is 96.9 cm³/mol. The minimum Gasteiger partial charge on any atom is -0.367 e. The fourth-order valence-electron chi connectivity index (χ4n) is 3.82. The molecule has 0 radical (unpaired) electrons. The summed E-state index contributed by atoms with van der Waals surface area (Å²) in [5, 5.41) is 0. The Morgan fingerprint density at radius 3 is 3.08 bits per heavy atom. The lowest BCUT2D eigenvalue weighted by Gasteiger charge is -2.41. The minimum atomic E-state index is -0.315. The topological polar surface area (TPSA) is 45.3 Å². The molecule has 4 rings (SSSR count). The smallest absolute Gasteiger partial charge is 0.228 e. The number of fused-ring (bicyclic) bond motifs is 2. The first kappa shape index (κ1) is 16.0. The Kier molecular flexibility index (Phi) is 4.06. The maximum absolute atomic E-state index is 12.8. The third-order valence-electron chi connectivity index (χ3n) is 5.08. The number of nitrogens with zero attached hydrogens (tertiary/aromatic N) is 1. The molecule has 0 bridgehead atoms. The maximum atomic E-state index is 12.8. The number of nitrogens with one attached hydrogen (secondary N) is 1. The quantitative estimate of drug-likeness (QED) is 0.836. The zero-order valence-electron chi connectivity index (χ0n) is 13.6. The van der Waals surface area contributed by atoms with Crippen LogP contribution in [-0.2, 0) is 28.0 Å². The average Bonchev–Trinajstić information content (AvgIpc) is 3.08. The van der Waals surface area contributed by atoms with Crippen LogP contribution in [0.1, 0.15) is 28.1 Å². The molecule has 1 atom stereocenters. The fourth-order valence-corrected chi connectivity index (χ4v) is 5.10. The van der Waals surface area contributed by atoms with Crippen LogP contribution < -0.4 is 0 Å². The van der Waals surface area contributed by atoms with E-state index in [1.54, 1.807) is 0 Å². The number of rotatable bonds is 2. The molecule has 2 aliphatic rings. The van der Waals surface area contributed by atoms with Crippen LogP contribution in [0.15, 0.2) is 24.3 Å². The van der Waals surface area contributed by atoms with Gasteiger partial charge in [-0.25, -0.2) is 0 Å². The molecule has 6 heteroatoms. The van der Waals surface area contributed by atoms with Gasteiger partial charge in [-0.3, -0.25) is 4.79 Å². The Labute approximate surface area is 150 Å². The number of carbonyl (C=O) groups excluding carboxylic acids is 1. The summed E-state index contributed by atoms with van der Waals surface area (Å²) in [7, 11) is 0. The second-order valence-electron chi connectivity index (χ2n) is 6.55. The van der Waals surface area contributed by atoms with Gasteiger partial charge in [0, 0.05) is 17.1 Å². The number of H-pyrrole nitrogens is 1. The van der Waals surface area contributed by atoms with Gasteiger partial charge in [-0.15, -0.1) is 11.3 Å². The van der Waals surface area contributed by atoms with Crippen molar-refractivity contribution in [3.63, 3.8) is 0 Å². The summed E-state index contributed by atoms with van der Waals surface area (Å²) < 4.78 is 6.93. The third kappa shape index (κ3) is 2.72. The van der Waals surface area contributed by atoms with Gasteiger partial charge in [0.15, 0.2) is 3.95 Å². The normalized spacial score (nSPS) is 22.8. The highest BCUT2D eigenvalue weighted by atomic mass is 32.1. The summed E-state index contributed by atoms with van der Waals surface area (Å²) in [6, 6.07) is 8.46. The van der Waals surface area contributed by atoms with E-state index in [0.29, 0.717) is 26.1 Å². The number of carbonyl (C=O) groups is 1. The summed E-state index contributed by atoms with van der Waals surface area (Å²) in [6.07, 6.45) is 2.40. The van der Waals surface area contributed by atoms with Gasteiger partial charge in [-0.2, -0.15) is 0 Å². The molecule has 1 spiro atoms.